The molecule has 1 heterocycles. The van der Waals surface area contributed by atoms with E-state index in [0.717, 1.165) is 17.7 Å². The van der Waals surface area contributed by atoms with Crippen LogP contribution in [0.25, 0.3) is 0 Å². The first kappa shape index (κ1) is 16.7. The van der Waals surface area contributed by atoms with E-state index in [1.165, 1.54) is 64.0 Å². The average Bonchev–Trinajstić information content (AvgIpc) is 2.46. The lowest BCUT2D eigenvalue weighted by Gasteiger charge is -2.07. The van der Waals surface area contributed by atoms with Crippen molar-refractivity contribution in [1.82, 2.24) is 4.98 Å². The summed E-state index contributed by atoms with van der Waals surface area (Å²) < 4.78 is 0.774. The van der Waals surface area contributed by atoms with Gasteiger partial charge in [0.05, 0.1) is 12.7 Å². The molecule has 0 saturated carbocycles. The molecule has 114 valence electrons. The maximum absolute atomic E-state index is 11.3. The van der Waals surface area contributed by atoms with Crippen LogP contribution >= 0.6 is 0 Å². The summed E-state index contributed by atoms with van der Waals surface area (Å²) in [7, 11) is 0. The molecule has 0 aliphatic heterocycles. The lowest BCUT2D eigenvalue weighted by atomic mass is 10.1. The largest absolute Gasteiger partial charge is 0.740 e. The van der Waals surface area contributed by atoms with Crippen molar-refractivity contribution in [2.45, 2.75) is 71.1 Å². The van der Waals surface area contributed by atoms with E-state index < -0.39 is 0 Å². The summed E-state index contributed by atoms with van der Waals surface area (Å²) in [4.78, 5) is 4.00. The highest BCUT2D eigenvalue weighted by molar-refractivity contribution is 5.14. The standard InChI is InChI=1S/C16H29N3O/c1-2-3-4-5-6-7-8-9-10-11-13-17-16-18-14-12-15-19(16)20/h12,14-15H,2-11,13H2,1H3,(H,17,18). The summed E-state index contributed by atoms with van der Waals surface area (Å²) >= 11 is 0. The number of nitrogens with zero attached hydrogens (tertiary/aromatic N) is 2. The molecule has 0 saturated heterocycles. The molecule has 1 aromatic rings. The Bertz CT molecular complexity index is 344. The Morgan fingerprint density at radius 2 is 1.60 bits per heavy atom. The molecule has 4 heteroatoms. The lowest BCUT2D eigenvalue weighted by molar-refractivity contribution is -0.593. The lowest BCUT2D eigenvalue weighted by Crippen LogP contribution is -2.31. The topological polar surface area (TPSA) is 51.9 Å². The van der Waals surface area contributed by atoms with E-state index in [-0.39, 0.29) is 0 Å². The number of hydrogen-bond acceptors (Lipinski definition) is 3. The summed E-state index contributed by atoms with van der Waals surface area (Å²) in [6.07, 6.45) is 16.4. The van der Waals surface area contributed by atoms with E-state index in [2.05, 4.69) is 17.2 Å². The maximum Gasteiger partial charge on any atom is 0.391 e. The minimum atomic E-state index is 0.406. The minimum absolute atomic E-state index is 0.406. The molecular weight excluding hydrogens is 250 g/mol. The summed E-state index contributed by atoms with van der Waals surface area (Å²) in [5.41, 5.74) is 0. The van der Waals surface area contributed by atoms with Gasteiger partial charge in [-0.2, -0.15) is 0 Å². The Balaban J connectivity index is 1.87. The molecule has 1 rings (SSSR count). The van der Waals surface area contributed by atoms with Crippen LogP contribution in [0.5, 0.6) is 0 Å². The van der Waals surface area contributed by atoms with Gasteiger partial charge in [0.1, 0.15) is 6.20 Å². The van der Waals surface area contributed by atoms with Gasteiger partial charge >= 0.3 is 5.95 Å². The number of rotatable bonds is 12. The predicted molar refractivity (Wildman–Crippen MR) is 83.5 cm³/mol. The van der Waals surface area contributed by atoms with Gasteiger partial charge in [-0.15, -0.1) is 0 Å². The van der Waals surface area contributed by atoms with Crippen molar-refractivity contribution in [2.75, 3.05) is 11.9 Å². The van der Waals surface area contributed by atoms with Gasteiger partial charge < -0.3 is 5.21 Å². The number of hydrogen-bond donors (Lipinski definition) is 1. The summed E-state index contributed by atoms with van der Waals surface area (Å²) in [5.74, 6) is 0.406. The molecule has 1 aromatic heterocycles. The minimum Gasteiger partial charge on any atom is -0.740 e. The zero-order valence-electron chi connectivity index (χ0n) is 12.8. The first-order chi connectivity index (χ1) is 9.84. The van der Waals surface area contributed by atoms with Crippen molar-refractivity contribution in [3.05, 3.63) is 23.7 Å². The fourth-order valence-corrected chi connectivity index (χ4v) is 2.29. The maximum atomic E-state index is 11.3. The van der Waals surface area contributed by atoms with Gasteiger partial charge in [0.25, 0.3) is 0 Å². The van der Waals surface area contributed by atoms with E-state index in [1.807, 2.05) is 0 Å². The van der Waals surface area contributed by atoms with E-state index in [1.54, 1.807) is 12.3 Å². The first-order valence-corrected chi connectivity index (χ1v) is 8.12. The highest BCUT2D eigenvalue weighted by Gasteiger charge is 2.02. The monoisotopic (exact) mass is 279 g/mol. The third-order valence-corrected chi connectivity index (χ3v) is 3.53. The molecule has 0 bridgehead atoms. The second kappa shape index (κ2) is 11.5. The van der Waals surface area contributed by atoms with Crippen LogP contribution in [0.4, 0.5) is 5.95 Å². The van der Waals surface area contributed by atoms with Gasteiger partial charge in [-0.1, -0.05) is 69.7 Å². The highest BCUT2D eigenvalue weighted by Crippen LogP contribution is 2.10. The van der Waals surface area contributed by atoms with Gasteiger partial charge in [0.15, 0.2) is 0 Å². The molecule has 0 radical (unpaired) electrons. The summed E-state index contributed by atoms with van der Waals surface area (Å²) in [5, 5.41) is 14.4. The van der Waals surface area contributed by atoms with E-state index in [4.69, 9.17) is 0 Å². The molecule has 0 aliphatic rings. The Labute approximate surface area is 123 Å². The first-order valence-electron chi connectivity index (χ1n) is 8.12. The molecule has 0 aromatic carbocycles. The molecule has 1 N–H and O–H groups in total. The quantitative estimate of drug-likeness (QED) is 0.357. The normalized spacial score (nSPS) is 10.7. The second-order valence-corrected chi connectivity index (χ2v) is 5.38. The zero-order valence-corrected chi connectivity index (χ0v) is 12.8. The Kier molecular flexibility index (Phi) is 9.62. The van der Waals surface area contributed by atoms with Gasteiger partial charge in [0.2, 0.25) is 0 Å². The van der Waals surface area contributed by atoms with Crippen molar-refractivity contribution < 1.29 is 4.73 Å². The molecule has 0 spiro atoms. The molecular formula is C16H29N3O. The SMILES string of the molecule is CCCCCCCCCCCCNc1nccc[n+]1[O-]. The molecule has 0 fully saturated rings. The van der Waals surface area contributed by atoms with Crippen LogP contribution in [0.2, 0.25) is 0 Å². The van der Waals surface area contributed by atoms with Crippen LogP contribution in [0.1, 0.15) is 71.1 Å². The predicted octanol–water partition coefficient (Wildman–Crippen LogP) is 4.05. The smallest absolute Gasteiger partial charge is 0.391 e. The van der Waals surface area contributed by atoms with Crippen LogP contribution in [0.15, 0.2) is 18.5 Å². The molecule has 4 nitrogen and oxygen atoms in total. The van der Waals surface area contributed by atoms with Gasteiger partial charge in [-0.25, -0.2) is 4.73 Å². The van der Waals surface area contributed by atoms with Crippen molar-refractivity contribution in [1.29, 1.82) is 0 Å². The van der Waals surface area contributed by atoms with Crippen molar-refractivity contribution in [2.24, 2.45) is 0 Å². The molecule has 20 heavy (non-hydrogen) atoms. The van der Waals surface area contributed by atoms with Crippen LogP contribution < -0.4 is 10.0 Å². The molecule has 0 unspecified atom stereocenters. The third-order valence-electron chi connectivity index (χ3n) is 3.53. The van der Waals surface area contributed by atoms with Gasteiger partial charge in [-0.05, 0) is 6.42 Å². The van der Waals surface area contributed by atoms with Crippen LogP contribution in [-0.4, -0.2) is 11.5 Å². The van der Waals surface area contributed by atoms with Crippen molar-refractivity contribution in [3.63, 3.8) is 0 Å². The zero-order chi connectivity index (χ0) is 14.5. The third kappa shape index (κ3) is 7.97. The molecule has 0 amide bonds. The van der Waals surface area contributed by atoms with Gasteiger partial charge in [-0.3, -0.25) is 5.32 Å². The fourth-order valence-electron chi connectivity index (χ4n) is 2.29. The van der Waals surface area contributed by atoms with Crippen molar-refractivity contribution in [3.8, 4) is 0 Å². The van der Waals surface area contributed by atoms with E-state index >= 15 is 0 Å². The number of anilines is 1. The Hall–Kier alpha value is -1.32. The number of nitrogens with one attached hydrogen (secondary N) is 1. The highest BCUT2D eigenvalue weighted by atomic mass is 16.5. The van der Waals surface area contributed by atoms with Crippen molar-refractivity contribution >= 4 is 5.95 Å². The number of aromatic nitrogens is 2. The summed E-state index contributed by atoms with van der Waals surface area (Å²) in [6, 6.07) is 1.64. The number of unbranched alkanes of at least 4 members (excludes halogenated alkanes) is 9. The van der Waals surface area contributed by atoms with Crippen LogP contribution in [-0.2, 0) is 0 Å². The van der Waals surface area contributed by atoms with Gasteiger partial charge in [0, 0.05) is 6.07 Å². The fraction of sp³-hybridized carbons (Fsp3) is 0.750. The Morgan fingerprint density at radius 1 is 1.00 bits per heavy atom. The van der Waals surface area contributed by atoms with E-state index in [0.29, 0.717) is 5.95 Å². The Morgan fingerprint density at radius 3 is 2.20 bits per heavy atom. The molecule has 0 atom stereocenters. The molecule has 0 aliphatic carbocycles. The second-order valence-electron chi connectivity index (χ2n) is 5.38. The van der Waals surface area contributed by atoms with E-state index in [9.17, 15) is 5.21 Å². The van der Waals surface area contributed by atoms with Crippen LogP contribution in [0, 0.1) is 5.21 Å². The van der Waals surface area contributed by atoms with Crippen LogP contribution in [0.3, 0.4) is 0 Å². The average molecular weight is 279 g/mol. The summed E-state index contributed by atoms with van der Waals surface area (Å²) in [6.45, 7) is 3.09.